The normalized spacial score (nSPS) is 15.2. The number of aromatic nitrogens is 2. The van der Waals surface area contributed by atoms with Gasteiger partial charge in [-0.1, -0.05) is 23.7 Å². The van der Waals surface area contributed by atoms with E-state index in [2.05, 4.69) is 22.2 Å². The van der Waals surface area contributed by atoms with E-state index in [0.717, 1.165) is 48.9 Å². The van der Waals surface area contributed by atoms with Gasteiger partial charge in [0.1, 0.15) is 12.4 Å². The average molecular weight is 469 g/mol. The molecule has 33 heavy (non-hydrogen) atoms. The highest BCUT2D eigenvalue weighted by molar-refractivity contribution is 6.30. The summed E-state index contributed by atoms with van der Waals surface area (Å²) in [4.78, 5) is 15.0. The zero-order valence-electron chi connectivity index (χ0n) is 19.0. The van der Waals surface area contributed by atoms with Crippen molar-refractivity contribution >= 4 is 23.2 Å². The van der Waals surface area contributed by atoms with Gasteiger partial charge >= 0.3 is 0 Å². The van der Waals surface area contributed by atoms with Gasteiger partial charge in [-0.25, -0.2) is 0 Å². The molecule has 0 saturated carbocycles. The van der Waals surface area contributed by atoms with E-state index >= 15 is 0 Å². The minimum Gasteiger partial charge on any atom is -0.491 e. The summed E-state index contributed by atoms with van der Waals surface area (Å²) in [6.45, 7) is 6.08. The van der Waals surface area contributed by atoms with Crippen LogP contribution >= 0.6 is 11.6 Å². The quantitative estimate of drug-likeness (QED) is 0.540. The van der Waals surface area contributed by atoms with Crippen LogP contribution in [0.4, 0.5) is 5.69 Å². The van der Waals surface area contributed by atoms with Gasteiger partial charge in [-0.15, -0.1) is 0 Å². The van der Waals surface area contributed by atoms with Gasteiger partial charge in [-0.2, -0.15) is 5.10 Å². The number of amides is 1. The summed E-state index contributed by atoms with van der Waals surface area (Å²) in [5, 5.41) is 7.94. The largest absolute Gasteiger partial charge is 0.491 e. The second-order valence-corrected chi connectivity index (χ2v) is 8.65. The Morgan fingerprint density at radius 2 is 1.94 bits per heavy atom. The standard InChI is InChI=1S/C25H29ClN4O3/c1-18(30-11-13-32-14-12-30)17-33-24-8-7-21(16-22(24)23-9-10-27-29(23)2)28-25(31)15-19-3-5-20(26)6-4-19/h3-10,16,18H,11-15,17H2,1-2H3,(H,28,31). The van der Waals surface area contributed by atoms with E-state index in [4.69, 9.17) is 21.1 Å². The fourth-order valence-corrected chi connectivity index (χ4v) is 4.02. The van der Waals surface area contributed by atoms with Crippen molar-refractivity contribution < 1.29 is 14.3 Å². The summed E-state index contributed by atoms with van der Waals surface area (Å²) in [6, 6.07) is 15.2. The molecule has 4 rings (SSSR count). The number of hydrogen-bond donors (Lipinski definition) is 1. The van der Waals surface area contributed by atoms with Crippen LogP contribution in [0.5, 0.6) is 5.75 Å². The maximum absolute atomic E-state index is 12.6. The van der Waals surface area contributed by atoms with Crippen LogP contribution in [0.1, 0.15) is 12.5 Å². The summed E-state index contributed by atoms with van der Waals surface area (Å²) in [5.74, 6) is 0.664. The summed E-state index contributed by atoms with van der Waals surface area (Å²) < 4.78 is 13.5. The van der Waals surface area contributed by atoms with Gasteiger partial charge in [-0.05, 0) is 48.9 Å². The third-order valence-corrected chi connectivity index (χ3v) is 6.04. The lowest BCUT2D eigenvalue weighted by Gasteiger charge is -2.32. The van der Waals surface area contributed by atoms with Crippen LogP contribution in [-0.2, 0) is 23.0 Å². The summed E-state index contributed by atoms with van der Waals surface area (Å²) in [6.07, 6.45) is 2.02. The first kappa shape index (κ1) is 23.3. The number of benzene rings is 2. The first-order chi connectivity index (χ1) is 16.0. The topological polar surface area (TPSA) is 68.6 Å². The average Bonchev–Trinajstić information content (AvgIpc) is 3.25. The number of hydrogen-bond acceptors (Lipinski definition) is 5. The molecule has 174 valence electrons. The third kappa shape index (κ3) is 6.13. The Kier molecular flexibility index (Phi) is 7.65. The predicted octanol–water partition coefficient (Wildman–Crippen LogP) is 4.02. The molecule has 1 unspecified atom stereocenters. The van der Waals surface area contributed by atoms with Crippen LogP contribution in [0.3, 0.4) is 0 Å². The molecule has 7 nitrogen and oxygen atoms in total. The molecule has 1 atom stereocenters. The van der Waals surface area contributed by atoms with Gasteiger partial charge in [0.25, 0.3) is 0 Å². The van der Waals surface area contributed by atoms with Crippen LogP contribution in [0, 0.1) is 0 Å². The highest BCUT2D eigenvalue weighted by Gasteiger charge is 2.19. The number of carbonyl (C=O) groups is 1. The molecular weight excluding hydrogens is 440 g/mol. The number of morpholine rings is 1. The van der Waals surface area contributed by atoms with Gasteiger partial charge in [0.05, 0.1) is 25.3 Å². The van der Waals surface area contributed by atoms with Crippen molar-refractivity contribution in [3.63, 3.8) is 0 Å². The Morgan fingerprint density at radius 3 is 2.64 bits per heavy atom. The van der Waals surface area contributed by atoms with E-state index in [1.807, 2.05) is 43.4 Å². The molecule has 2 heterocycles. The lowest BCUT2D eigenvalue weighted by Crippen LogP contribution is -2.44. The van der Waals surface area contributed by atoms with Gasteiger partial charge in [0.15, 0.2) is 0 Å². The fraction of sp³-hybridized carbons (Fsp3) is 0.360. The second-order valence-electron chi connectivity index (χ2n) is 8.21. The third-order valence-electron chi connectivity index (χ3n) is 5.79. The van der Waals surface area contributed by atoms with E-state index < -0.39 is 0 Å². The van der Waals surface area contributed by atoms with Gasteiger partial charge in [0, 0.05) is 48.6 Å². The Labute approximate surface area is 199 Å². The zero-order valence-corrected chi connectivity index (χ0v) is 19.7. The predicted molar refractivity (Wildman–Crippen MR) is 130 cm³/mol. The fourth-order valence-electron chi connectivity index (χ4n) is 3.90. The molecule has 8 heteroatoms. The first-order valence-corrected chi connectivity index (χ1v) is 11.5. The van der Waals surface area contributed by atoms with Crippen molar-refractivity contribution in [3.05, 3.63) is 65.3 Å². The van der Waals surface area contributed by atoms with E-state index in [0.29, 0.717) is 17.3 Å². The molecule has 3 aromatic rings. The van der Waals surface area contributed by atoms with Crippen LogP contribution in [0.15, 0.2) is 54.7 Å². The molecule has 0 aliphatic carbocycles. The van der Waals surface area contributed by atoms with Crippen LogP contribution in [0.2, 0.25) is 5.02 Å². The molecular formula is C25H29ClN4O3. The first-order valence-electron chi connectivity index (χ1n) is 11.1. The Morgan fingerprint density at radius 1 is 1.18 bits per heavy atom. The number of rotatable bonds is 8. The number of nitrogens with zero attached hydrogens (tertiary/aromatic N) is 3. The highest BCUT2D eigenvalue weighted by Crippen LogP contribution is 2.33. The molecule has 1 saturated heterocycles. The monoisotopic (exact) mass is 468 g/mol. The van der Waals surface area contributed by atoms with Crippen molar-refractivity contribution in [1.82, 2.24) is 14.7 Å². The number of nitrogens with one attached hydrogen (secondary N) is 1. The van der Waals surface area contributed by atoms with E-state index in [-0.39, 0.29) is 18.4 Å². The molecule has 2 aromatic carbocycles. The zero-order chi connectivity index (χ0) is 23.2. The molecule has 1 amide bonds. The van der Waals surface area contributed by atoms with E-state index in [1.165, 1.54) is 0 Å². The van der Waals surface area contributed by atoms with Crippen molar-refractivity contribution in [2.75, 3.05) is 38.2 Å². The number of ether oxygens (including phenoxy) is 2. The molecule has 1 aromatic heterocycles. The SMILES string of the molecule is CC(COc1ccc(NC(=O)Cc2ccc(Cl)cc2)cc1-c1ccnn1C)N1CCOCC1. The molecule has 1 aliphatic rings. The van der Waals surface area contributed by atoms with E-state index in [1.54, 1.807) is 23.0 Å². The molecule has 1 N–H and O–H groups in total. The molecule has 0 radical (unpaired) electrons. The lowest BCUT2D eigenvalue weighted by atomic mass is 10.1. The maximum Gasteiger partial charge on any atom is 0.228 e. The number of carbonyl (C=O) groups excluding carboxylic acids is 1. The number of aryl methyl sites for hydroxylation is 1. The summed E-state index contributed by atoms with van der Waals surface area (Å²) in [7, 11) is 1.89. The highest BCUT2D eigenvalue weighted by atomic mass is 35.5. The van der Waals surface area contributed by atoms with Gasteiger partial charge in [-0.3, -0.25) is 14.4 Å². The Hall–Kier alpha value is -2.87. The number of halogens is 1. The van der Waals surface area contributed by atoms with Crippen molar-refractivity contribution in [3.8, 4) is 17.0 Å². The van der Waals surface area contributed by atoms with Gasteiger partial charge < -0.3 is 14.8 Å². The maximum atomic E-state index is 12.6. The number of anilines is 1. The van der Waals surface area contributed by atoms with Crippen molar-refractivity contribution in [1.29, 1.82) is 0 Å². The van der Waals surface area contributed by atoms with Crippen LogP contribution in [0.25, 0.3) is 11.3 Å². The summed E-state index contributed by atoms with van der Waals surface area (Å²) in [5.41, 5.74) is 3.41. The lowest BCUT2D eigenvalue weighted by molar-refractivity contribution is -0.115. The van der Waals surface area contributed by atoms with Crippen LogP contribution < -0.4 is 10.1 Å². The minimum atomic E-state index is -0.0945. The Bertz CT molecular complexity index is 1080. The van der Waals surface area contributed by atoms with E-state index in [9.17, 15) is 4.79 Å². The van der Waals surface area contributed by atoms with Crippen LogP contribution in [-0.4, -0.2) is 59.5 Å². The second kappa shape index (κ2) is 10.8. The van der Waals surface area contributed by atoms with Crippen molar-refractivity contribution in [2.45, 2.75) is 19.4 Å². The molecule has 1 fully saturated rings. The molecule has 1 aliphatic heterocycles. The minimum absolute atomic E-state index is 0.0945. The van der Waals surface area contributed by atoms with Crippen molar-refractivity contribution in [2.24, 2.45) is 7.05 Å². The molecule has 0 spiro atoms. The van der Waals surface area contributed by atoms with Gasteiger partial charge in [0.2, 0.25) is 5.91 Å². The smallest absolute Gasteiger partial charge is 0.228 e. The Balaban J connectivity index is 1.48. The molecule has 0 bridgehead atoms. The summed E-state index contributed by atoms with van der Waals surface area (Å²) >= 11 is 5.93.